The predicted molar refractivity (Wildman–Crippen MR) is 51.8 cm³/mol. The van der Waals surface area contributed by atoms with Crippen LogP contribution in [-0.4, -0.2) is 11.6 Å². The van der Waals surface area contributed by atoms with Crippen LogP contribution in [-0.2, 0) is 9.59 Å². The van der Waals surface area contributed by atoms with Gasteiger partial charge < -0.3 is 0 Å². The maximum absolute atomic E-state index is 11.8. The van der Waals surface area contributed by atoms with Crippen LogP contribution in [0.15, 0.2) is 0 Å². The number of rotatable bonds is 0. The molecule has 14 heavy (non-hydrogen) atoms. The summed E-state index contributed by atoms with van der Waals surface area (Å²) in [5.74, 6) is -0.0335. The topological polar surface area (TPSA) is 34.1 Å². The van der Waals surface area contributed by atoms with Crippen LogP contribution in [0.5, 0.6) is 0 Å². The van der Waals surface area contributed by atoms with Crippen molar-refractivity contribution in [2.24, 2.45) is 10.8 Å². The highest BCUT2D eigenvalue weighted by Gasteiger charge is 2.72. The van der Waals surface area contributed by atoms with E-state index in [-0.39, 0.29) is 22.4 Å². The van der Waals surface area contributed by atoms with Crippen molar-refractivity contribution in [3.05, 3.63) is 0 Å². The van der Waals surface area contributed by atoms with Gasteiger partial charge in [0.05, 0.1) is 0 Å². The van der Waals surface area contributed by atoms with E-state index in [9.17, 15) is 9.59 Å². The maximum Gasteiger partial charge on any atom is 0.206 e. The van der Waals surface area contributed by atoms with Gasteiger partial charge >= 0.3 is 0 Å². The molecule has 3 aliphatic carbocycles. The highest BCUT2D eigenvalue weighted by molar-refractivity contribution is 6.49. The third-order valence-electron chi connectivity index (χ3n) is 4.91. The molecule has 3 saturated carbocycles. The lowest BCUT2D eigenvalue weighted by molar-refractivity contribution is -0.186. The first-order valence-electron chi connectivity index (χ1n) is 5.82. The number of ketones is 2. The summed E-state index contributed by atoms with van der Waals surface area (Å²) in [5.41, 5.74) is -0.332. The molecule has 0 aliphatic heterocycles. The number of hydrogen-bond acceptors (Lipinski definition) is 2. The fraction of sp³-hybridized carbons (Fsp3) is 0.833. The van der Waals surface area contributed by atoms with E-state index in [4.69, 9.17) is 0 Å². The van der Waals surface area contributed by atoms with Gasteiger partial charge in [0.15, 0.2) is 0 Å². The van der Waals surface area contributed by atoms with Crippen LogP contribution in [0.4, 0.5) is 0 Å². The molecule has 0 heterocycles. The fourth-order valence-corrected chi connectivity index (χ4v) is 4.18. The van der Waals surface area contributed by atoms with Crippen LogP contribution in [0.25, 0.3) is 0 Å². The van der Waals surface area contributed by atoms with Crippen molar-refractivity contribution in [2.45, 2.75) is 51.4 Å². The summed E-state index contributed by atoms with van der Waals surface area (Å²) in [6.45, 7) is 0. The summed E-state index contributed by atoms with van der Waals surface area (Å²) in [7, 11) is 0. The highest BCUT2D eigenvalue weighted by atomic mass is 16.2. The number of Topliss-reactive ketones (excluding diaryl/α,β-unsaturated/α-hetero) is 2. The second-order valence-corrected chi connectivity index (χ2v) is 5.24. The van der Waals surface area contributed by atoms with Gasteiger partial charge in [-0.25, -0.2) is 0 Å². The second-order valence-electron chi connectivity index (χ2n) is 5.24. The number of carbonyl (C=O) groups is 2. The molecule has 2 nitrogen and oxygen atoms in total. The zero-order chi connectivity index (χ0) is 9.81. The molecule has 0 bridgehead atoms. The first kappa shape index (κ1) is 8.63. The zero-order valence-corrected chi connectivity index (χ0v) is 8.47. The molecule has 0 spiro atoms. The normalized spacial score (nSPS) is 46.6. The Hall–Kier alpha value is -0.660. The average Bonchev–Trinajstić information content (AvgIpc) is 2.26. The van der Waals surface area contributed by atoms with Crippen LogP contribution in [0, 0.1) is 10.8 Å². The summed E-state index contributed by atoms with van der Waals surface area (Å²) in [4.78, 5) is 23.6. The Morgan fingerprint density at radius 2 is 0.929 bits per heavy atom. The summed E-state index contributed by atoms with van der Waals surface area (Å²) in [6, 6.07) is 0. The molecule has 0 N–H and O–H groups in total. The molecule has 3 aliphatic rings. The van der Waals surface area contributed by atoms with Crippen molar-refractivity contribution < 1.29 is 9.59 Å². The number of carbonyl (C=O) groups excluding carboxylic acids is 2. The quantitative estimate of drug-likeness (QED) is 0.552. The summed E-state index contributed by atoms with van der Waals surface area (Å²) >= 11 is 0. The first-order chi connectivity index (χ1) is 6.73. The Bertz CT molecular complexity index is 272. The lowest BCUT2D eigenvalue weighted by atomic mass is 9.38. The summed E-state index contributed by atoms with van der Waals surface area (Å²) in [5, 5.41) is 0. The predicted octanol–water partition coefficient (Wildman–Crippen LogP) is 2.26. The first-order valence-corrected chi connectivity index (χ1v) is 5.82. The summed E-state index contributed by atoms with van der Waals surface area (Å²) in [6.07, 6.45) is 8.60. The van der Waals surface area contributed by atoms with Gasteiger partial charge in [0.25, 0.3) is 0 Å². The Morgan fingerprint density at radius 3 is 1.21 bits per heavy atom. The highest BCUT2D eigenvalue weighted by Crippen LogP contribution is 2.66. The molecular formula is C12H16O2. The minimum Gasteiger partial charge on any atom is -0.290 e. The lowest BCUT2D eigenvalue weighted by Gasteiger charge is -2.61. The molecule has 2 heteroatoms. The van der Waals surface area contributed by atoms with E-state index in [2.05, 4.69) is 0 Å². The summed E-state index contributed by atoms with van der Waals surface area (Å²) < 4.78 is 0. The van der Waals surface area contributed by atoms with Crippen LogP contribution < -0.4 is 0 Å². The lowest BCUT2D eigenvalue weighted by Crippen LogP contribution is -2.69. The van der Waals surface area contributed by atoms with Crippen molar-refractivity contribution in [1.29, 1.82) is 0 Å². The van der Waals surface area contributed by atoms with Gasteiger partial charge in [-0.3, -0.25) is 9.59 Å². The van der Waals surface area contributed by atoms with E-state index >= 15 is 0 Å². The smallest absolute Gasteiger partial charge is 0.206 e. The molecule has 0 aromatic carbocycles. The van der Waals surface area contributed by atoms with Crippen LogP contribution in [0.1, 0.15) is 51.4 Å². The van der Waals surface area contributed by atoms with E-state index < -0.39 is 0 Å². The van der Waals surface area contributed by atoms with Gasteiger partial charge in [-0.2, -0.15) is 0 Å². The van der Waals surface area contributed by atoms with Crippen molar-refractivity contribution in [3.8, 4) is 0 Å². The molecule has 0 radical (unpaired) electrons. The monoisotopic (exact) mass is 192 g/mol. The molecule has 0 unspecified atom stereocenters. The Kier molecular flexibility index (Phi) is 1.52. The molecule has 3 rings (SSSR count). The third kappa shape index (κ3) is 0.676. The van der Waals surface area contributed by atoms with Gasteiger partial charge in [-0.05, 0) is 25.7 Å². The van der Waals surface area contributed by atoms with Gasteiger partial charge in [-0.1, -0.05) is 25.7 Å². The largest absolute Gasteiger partial charge is 0.290 e. The van der Waals surface area contributed by atoms with Gasteiger partial charge in [0, 0.05) is 10.8 Å². The Balaban J connectivity index is 2.07. The molecule has 0 aromatic rings. The van der Waals surface area contributed by atoms with Crippen LogP contribution >= 0.6 is 0 Å². The zero-order valence-electron chi connectivity index (χ0n) is 8.47. The van der Waals surface area contributed by atoms with Crippen LogP contribution in [0.3, 0.4) is 0 Å². The molecule has 0 saturated heterocycles. The van der Waals surface area contributed by atoms with Crippen molar-refractivity contribution >= 4 is 11.6 Å². The Morgan fingerprint density at radius 1 is 0.643 bits per heavy atom. The maximum atomic E-state index is 11.8. The van der Waals surface area contributed by atoms with E-state index in [1.165, 1.54) is 0 Å². The van der Waals surface area contributed by atoms with Gasteiger partial charge in [0.1, 0.15) is 0 Å². The van der Waals surface area contributed by atoms with Crippen molar-refractivity contribution in [3.63, 3.8) is 0 Å². The van der Waals surface area contributed by atoms with Crippen molar-refractivity contribution in [2.75, 3.05) is 0 Å². The van der Waals surface area contributed by atoms with E-state index in [1.54, 1.807) is 0 Å². The minimum absolute atomic E-state index is 0.0168. The second kappa shape index (κ2) is 2.47. The third-order valence-corrected chi connectivity index (χ3v) is 4.91. The molecule has 3 fully saturated rings. The Labute approximate surface area is 84.1 Å². The van der Waals surface area contributed by atoms with E-state index in [0.29, 0.717) is 0 Å². The van der Waals surface area contributed by atoms with Crippen LogP contribution in [0.2, 0.25) is 0 Å². The minimum atomic E-state index is -0.166. The fourth-order valence-electron chi connectivity index (χ4n) is 4.18. The molecule has 0 aromatic heterocycles. The average molecular weight is 192 g/mol. The van der Waals surface area contributed by atoms with E-state index in [0.717, 1.165) is 51.4 Å². The molecule has 76 valence electrons. The molecule has 0 amide bonds. The number of hydrogen-bond donors (Lipinski definition) is 0. The molecular weight excluding hydrogens is 176 g/mol. The van der Waals surface area contributed by atoms with E-state index in [1.807, 2.05) is 0 Å². The molecule has 0 atom stereocenters. The van der Waals surface area contributed by atoms with Gasteiger partial charge in [0.2, 0.25) is 11.6 Å². The standard InChI is InChI=1S/C12H16O2/c13-9-10(14)12-6-2-1-5-11(9,12)7-3-4-8-12/h1-8H2. The van der Waals surface area contributed by atoms with Gasteiger partial charge in [-0.15, -0.1) is 0 Å². The van der Waals surface area contributed by atoms with Crippen molar-refractivity contribution in [1.82, 2.24) is 0 Å². The SMILES string of the molecule is O=C1C(=O)C23CCCCC12CCCC3.